The van der Waals surface area contributed by atoms with Gasteiger partial charge in [-0.1, -0.05) is 6.42 Å². The fraction of sp³-hybridized carbons (Fsp3) is 0.833. The molecule has 1 aliphatic heterocycles. The summed E-state index contributed by atoms with van der Waals surface area (Å²) in [5.74, 6) is -1.19. The van der Waals surface area contributed by atoms with Crippen molar-refractivity contribution in [1.29, 1.82) is 0 Å². The van der Waals surface area contributed by atoms with Gasteiger partial charge in [-0.3, -0.25) is 4.79 Å². The highest BCUT2D eigenvalue weighted by atomic mass is 16.4. The first-order chi connectivity index (χ1) is 8.54. The number of β-amino-alcohol motifs (C(OH)–C–C–N with tert-alkyl or cyclic N) is 1. The van der Waals surface area contributed by atoms with Gasteiger partial charge in [0.15, 0.2) is 0 Å². The average molecular weight is 256 g/mol. The predicted octanol–water partition coefficient (Wildman–Crippen LogP) is -0.592. The Bertz CT molecular complexity index is 347. The summed E-state index contributed by atoms with van der Waals surface area (Å²) in [7, 11) is 0. The second-order valence-electron chi connectivity index (χ2n) is 5.27. The van der Waals surface area contributed by atoms with Crippen molar-refractivity contribution in [1.82, 2.24) is 4.90 Å². The van der Waals surface area contributed by atoms with E-state index in [0.29, 0.717) is 6.54 Å². The van der Waals surface area contributed by atoms with Gasteiger partial charge >= 0.3 is 5.97 Å². The second-order valence-corrected chi connectivity index (χ2v) is 5.27. The van der Waals surface area contributed by atoms with Crippen molar-refractivity contribution < 1.29 is 19.8 Å². The number of nitrogens with zero attached hydrogens (tertiary/aromatic N) is 1. The number of nitrogens with two attached hydrogens (primary N) is 1. The Morgan fingerprint density at radius 1 is 1.33 bits per heavy atom. The third-order valence-electron chi connectivity index (χ3n) is 4.13. The summed E-state index contributed by atoms with van der Waals surface area (Å²) in [4.78, 5) is 24.8. The molecule has 2 fully saturated rings. The van der Waals surface area contributed by atoms with E-state index in [-0.39, 0.29) is 30.7 Å². The van der Waals surface area contributed by atoms with E-state index in [1.54, 1.807) is 0 Å². The first kappa shape index (κ1) is 13.3. The van der Waals surface area contributed by atoms with Crippen molar-refractivity contribution in [2.24, 2.45) is 17.6 Å². The van der Waals surface area contributed by atoms with E-state index in [1.807, 2.05) is 0 Å². The molecule has 1 saturated heterocycles. The molecule has 2 rings (SSSR count). The Labute approximate surface area is 106 Å². The Kier molecular flexibility index (Phi) is 3.87. The molecule has 4 N–H and O–H groups in total. The Morgan fingerprint density at radius 2 is 2.06 bits per heavy atom. The molecule has 2 aliphatic rings. The summed E-state index contributed by atoms with van der Waals surface area (Å²) < 4.78 is 0. The first-order valence-corrected chi connectivity index (χ1v) is 6.46. The van der Waals surface area contributed by atoms with E-state index in [9.17, 15) is 14.7 Å². The molecule has 3 unspecified atom stereocenters. The summed E-state index contributed by atoms with van der Waals surface area (Å²) in [6, 6.07) is -0.883. The van der Waals surface area contributed by atoms with Crippen LogP contribution >= 0.6 is 0 Å². The number of carboxylic acid groups (broad SMARTS) is 1. The van der Waals surface area contributed by atoms with Crippen LogP contribution in [0.4, 0.5) is 0 Å². The minimum absolute atomic E-state index is 0.126. The molecule has 1 heterocycles. The number of aliphatic hydroxyl groups excluding tert-OH is 1. The Balaban J connectivity index is 2.10. The van der Waals surface area contributed by atoms with E-state index < -0.39 is 18.1 Å². The van der Waals surface area contributed by atoms with Gasteiger partial charge in [-0.05, 0) is 25.3 Å². The molecule has 1 saturated carbocycles. The maximum absolute atomic E-state index is 12.4. The number of carbonyl (C=O) groups is 2. The van der Waals surface area contributed by atoms with Gasteiger partial charge in [-0.2, -0.15) is 0 Å². The zero-order valence-corrected chi connectivity index (χ0v) is 10.3. The molecule has 0 aromatic rings. The lowest BCUT2D eigenvalue weighted by molar-refractivity contribution is -0.150. The van der Waals surface area contributed by atoms with Crippen molar-refractivity contribution >= 4 is 11.9 Å². The van der Waals surface area contributed by atoms with Crippen LogP contribution in [0, 0.1) is 11.8 Å². The smallest absolute Gasteiger partial charge is 0.326 e. The number of hydrogen-bond acceptors (Lipinski definition) is 4. The van der Waals surface area contributed by atoms with E-state index in [0.717, 1.165) is 19.3 Å². The monoisotopic (exact) mass is 256 g/mol. The van der Waals surface area contributed by atoms with Crippen LogP contribution in [0.1, 0.15) is 25.7 Å². The molecule has 102 valence electrons. The number of aliphatic carboxylic acids is 1. The molecule has 18 heavy (non-hydrogen) atoms. The van der Waals surface area contributed by atoms with E-state index >= 15 is 0 Å². The number of aliphatic hydroxyl groups is 1. The van der Waals surface area contributed by atoms with Crippen LogP contribution in [0.25, 0.3) is 0 Å². The van der Waals surface area contributed by atoms with Gasteiger partial charge in [-0.15, -0.1) is 0 Å². The molecular weight excluding hydrogens is 236 g/mol. The van der Waals surface area contributed by atoms with Gasteiger partial charge in [0, 0.05) is 18.9 Å². The zero-order valence-electron chi connectivity index (χ0n) is 10.3. The molecule has 0 aromatic heterocycles. The summed E-state index contributed by atoms with van der Waals surface area (Å²) in [5.41, 5.74) is 5.65. The van der Waals surface area contributed by atoms with Gasteiger partial charge in [0.25, 0.3) is 0 Å². The van der Waals surface area contributed by atoms with Crippen LogP contribution in [0.5, 0.6) is 0 Å². The minimum Gasteiger partial charge on any atom is -0.480 e. The minimum atomic E-state index is -1.04. The van der Waals surface area contributed by atoms with Crippen LogP contribution in [0.2, 0.25) is 0 Å². The molecule has 6 heteroatoms. The second kappa shape index (κ2) is 5.24. The molecule has 1 aliphatic carbocycles. The van der Waals surface area contributed by atoms with E-state index in [2.05, 4.69) is 0 Å². The SMILES string of the molecule is NCC1CCCC1C(=O)N1CC(O)C[C@@H]1C(=O)O. The molecule has 0 spiro atoms. The molecule has 0 aromatic carbocycles. The van der Waals surface area contributed by atoms with Crippen LogP contribution in [-0.4, -0.2) is 52.2 Å². The van der Waals surface area contributed by atoms with Crippen molar-refractivity contribution in [3.63, 3.8) is 0 Å². The largest absolute Gasteiger partial charge is 0.480 e. The van der Waals surface area contributed by atoms with E-state index in [4.69, 9.17) is 10.8 Å². The summed E-state index contributed by atoms with van der Waals surface area (Å²) in [6.45, 7) is 0.591. The van der Waals surface area contributed by atoms with Crippen LogP contribution in [0.15, 0.2) is 0 Å². The fourth-order valence-corrected chi connectivity index (χ4v) is 3.15. The lowest BCUT2D eigenvalue weighted by Gasteiger charge is -2.27. The van der Waals surface area contributed by atoms with Gasteiger partial charge in [0.05, 0.1) is 6.10 Å². The summed E-state index contributed by atoms with van der Waals surface area (Å²) in [5, 5.41) is 18.6. The lowest BCUT2D eigenvalue weighted by Crippen LogP contribution is -2.45. The predicted molar refractivity (Wildman–Crippen MR) is 63.6 cm³/mol. The highest BCUT2D eigenvalue weighted by Gasteiger charge is 2.43. The highest BCUT2D eigenvalue weighted by Crippen LogP contribution is 2.34. The quantitative estimate of drug-likeness (QED) is 0.626. The van der Waals surface area contributed by atoms with Crippen molar-refractivity contribution in [3.05, 3.63) is 0 Å². The third-order valence-corrected chi connectivity index (χ3v) is 4.13. The van der Waals surface area contributed by atoms with Crippen LogP contribution in [0.3, 0.4) is 0 Å². The van der Waals surface area contributed by atoms with Crippen LogP contribution < -0.4 is 5.73 Å². The maximum atomic E-state index is 12.4. The third kappa shape index (κ3) is 2.35. The summed E-state index contributed by atoms with van der Waals surface area (Å²) in [6.07, 6.45) is 2.07. The Morgan fingerprint density at radius 3 is 2.67 bits per heavy atom. The van der Waals surface area contributed by atoms with Crippen LogP contribution in [-0.2, 0) is 9.59 Å². The lowest BCUT2D eigenvalue weighted by atomic mass is 9.94. The highest BCUT2D eigenvalue weighted by molar-refractivity contribution is 5.86. The van der Waals surface area contributed by atoms with Gasteiger partial charge < -0.3 is 20.8 Å². The number of hydrogen-bond donors (Lipinski definition) is 3. The zero-order chi connectivity index (χ0) is 13.3. The van der Waals surface area contributed by atoms with Gasteiger partial charge in [0.2, 0.25) is 5.91 Å². The molecule has 1 amide bonds. The molecule has 0 bridgehead atoms. The van der Waals surface area contributed by atoms with Crippen molar-refractivity contribution in [3.8, 4) is 0 Å². The number of amides is 1. The number of carboxylic acids is 1. The van der Waals surface area contributed by atoms with Gasteiger partial charge in [-0.25, -0.2) is 4.79 Å². The fourth-order valence-electron chi connectivity index (χ4n) is 3.15. The van der Waals surface area contributed by atoms with Crippen molar-refractivity contribution in [2.45, 2.75) is 37.8 Å². The molecule has 6 nitrogen and oxygen atoms in total. The maximum Gasteiger partial charge on any atom is 0.326 e. The molecule has 4 atom stereocenters. The Hall–Kier alpha value is -1.14. The molecule has 0 radical (unpaired) electrons. The number of rotatable bonds is 3. The summed E-state index contributed by atoms with van der Waals surface area (Å²) >= 11 is 0. The van der Waals surface area contributed by atoms with Gasteiger partial charge in [0.1, 0.15) is 6.04 Å². The first-order valence-electron chi connectivity index (χ1n) is 6.46. The number of carbonyl (C=O) groups excluding carboxylic acids is 1. The standard InChI is InChI=1S/C12H20N2O4/c13-5-7-2-1-3-9(7)11(16)14-6-8(15)4-10(14)12(17)18/h7-10,15H,1-6,13H2,(H,17,18)/t7?,8?,9?,10-/m1/s1. The normalized spacial score (nSPS) is 36.0. The molecular formula is C12H20N2O4. The topological polar surface area (TPSA) is 104 Å². The number of likely N-dealkylation sites (tertiary alicyclic amines) is 1. The average Bonchev–Trinajstić information content (AvgIpc) is 2.93. The van der Waals surface area contributed by atoms with Crippen molar-refractivity contribution in [2.75, 3.05) is 13.1 Å². The van der Waals surface area contributed by atoms with E-state index in [1.165, 1.54) is 4.90 Å².